The van der Waals surface area contributed by atoms with Gasteiger partial charge >= 0.3 is 5.97 Å². The molecule has 1 rings (SSSR count). The number of rotatable bonds is 6. The van der Waals surface area contributed by atoms with E-state index in [4.69, 9.17) is 4.74 Å². The molecule has 0 spiro atoms. The molecule has 0 bridgehead atoms. The quantitative estimate of drug-likeness (QED) is 0.789. The van der Waals surface area contributed by atoms with Gasteiger partial charge in [-0.2, -0.15) is 0 Å². The minimum Gasteiger partial charge on any atom is -0.449 e. The van der Waals surface area contributed by atoms with E-state index in [9.17, 15) is 18.0 Å². The first-order chi connectivity index (χ1) is 9.73. The van der Waals surface area contributed by atoms with Crippen LogP contribution in [0.1, 0.15) is 29.8 Å². The van der Waals surface area contributed by atoms with Gasteiger partial charge in [-0.25, -0.2) is 13.2 Å². The lowest BCUT2D eigenvalue weighted by atomic mass is 10.1. The largest absolute Gasteiger partial charge is 0.449 e. The lowest BCUT2D eigenvalue weighted by molar-refractivity contribution is -0.128. The van der Waals surface area contributed by atoms with Gasteiger partial charge in [-0.05, 0) is 31.5 Å². The molecule has 0 fully saturated rings. The van der Waals surface area contributed by atoms with Crippen LogP contribution < -0.4 is 5.32 Å². The van der Waals surface area contributed by atoms with E-state index < -0.39 is 21.9 Å². The number of benzene rings is 1. The molecule has 0 aromatic heterocycles. The molecule has 0 saturated carbocycles. The van der Waals surface area contributed by atoms with Crippen LogP contribution >= 0.6 is 0 Å². The van der Waals surface area contributed by atoms with E-state index >= 15 is 0 Å². The average molecular weight is 313 g/mol. The van der Waals surface area contributed by atoms with Crippen molar-refractivity contribution in [3.63, 3.8) is 0 Å². The Morgan fingerprint density at radius 2 is 2.00 bits per heavy atom. The second-order valence-electron chi connectivity index (χ2n) is 4.71. The predicted molar refractivity (Wildman–Crippen MR) is 78.6 cm³/mol. The number of esters is 1. The van der Waals surface area contributed by atoms with Crippen molar-refractivity contribution in [1.82, 2.24) is 5.32 Å². The monoisotopic (exact) mass is 313 g/mol. The Morgan fingerprint density at radius 3 is 2.57 bits per heavy atom. The molecule has 0 aliphatic carbocycles. The van der Waals surface area contributed by atoms with Crippen molar-refractivity contribution in [3.8, 4) is 0 Å². The topological polar surface area (TPSA) is 89.5 Å². The summed E-state index contributed by atoms with van der Waals surface area (Å²) >= 11 is 0. The maximum absolute atomic E-state index is 11.9. The molecule has 1 N–H and O–H groups in total. The van der Waals surface area contributed by atoms with Gasteiger partial charge in [0.05, 0.1) is 11.3 Å². The zero-order valence-corrected chi connectivity index (χ0v) is 13.1. The van der Waals surface area contributed by atoms with Crippen LogP contribution in [-0.2, 0) is 25.1 Å². The highest BCUT2D eigenvalue weighted by Gasteiger charge is 2.18. The summed E-state index contributed by atoms with van der Waals surface area (Å²) in [5, 5.41) is 2.55. The third-order valence-electron chi connectivity index (χ3n) is 2.60. The Morgan fingerprint density at radius 1 is 1.33 bits per heavy atom. The molecule has 0 radical (unpaired) electrons. The van der Waals surface area contributed by atoms with Crippen molar-refractivity contribution in [3.05, 3.63) is 35.4 Å². The van der Waals surface area contributed by atoms with E-state index in [1.54, 1.807) is 19.1 Å². The van der Waals surface area contributed by atoms with Gasteiger partial charge in [-0.1, -0.05) is 12.1 Å². The SMILES string of the molecule is CCNC(=O)[C@H](C)OC(=O)c1cccc(CS(C)(=O)=O)c1. The zero-order chi connectivity index (χ0) is 16.0. The van der Waals surface area contributed by atoms with Crippen molar-refractivity contribution in [2.75, 3.05) is 12.8 Å². The van der Waals surface area contributed by atoms with Gasteiger partial charge in [-0.3, -0.25) is 4.79 Å². The van der Waals surface area contributed by atoms with Crippen LogP contribution in [0.25, 0.3) is 0 Å². The molecule has 116 valence electrons. The number of ether oxygens (including phenoxy) is 1. The van der Waals surface area contributed by atoms with Gasteiger partial charge in [0.15, 0.2) is 15.9 Å². The highest BCUT2D eigenvalue weighted by atomic mass is 32.2. The highest BCUT2D eigenvalue weighted by molar-refractivity contribution is 7.89. The van der Waals surface area contributed by atoms with Crippen molar-refractivity contribution in [2.45, 2.75) is 25.7 Å². The van der Waals surface area contributed by atoms with Gasteiger partial charge in [-0.15, -0.1) is 0 Å². The van der Waals surface area contributed by atoms with Gasteiger partial charge in [0.25, 0.3) is 5.91 Å². The van der Waals surface area contributed by atoms with E-state index in [1.165, 1.54) is 19.1 Å². The molecule has 21 heavy (non-hydrogen) atoms. The van der Waals surface area contributed by atoms with Gasteiger partial charge in [0.1, 0.15) is 0 Å². The van der Waals surface area contributed by atoms with E-state index in [2.05, 4.69) is 5.32 Å². The first kappa shape index (κ1) is 17.2. The van der Waals surface area contributed by atoms with Crippen LogP contribution in [0.4, 0.5) is 0 Å². The summed E-state index contributed by atoms with van der Waals surface area (Å²) in [7, 11) is -3.18. The summed E-state index contributed by atoms with van der Waals surface area (Å²) in [4.78, 5) is 23.4. The van der Waals surface area contributed by atoms with E-state index in [0.29, 0.717) is 12.1 Å². The molecule has 1 aromatic rings. The predicted octanol–water partition coefficient (Wildman–Crippen LogP) is 0.913. The van der Waals surface area contributed by atoms with Crippen LogP contribution in [0.2, 0.25) is 0 Å². The highest BCUT2D eigenvalue weighted by Crippen LogP contribution is 2.11. The summed E-state index contributed by atoms with van der Waals surface area (Å²) in [6.07, 6.45) is 0.214. The molecule has 6 nitrogen and oxygen atoms in total. The number of carbonyl (C=O) groups excluding carboxylic acids is 2. The summed E-state index contributed by atoms with van der Waals surface area (Å²) in [5.41, 5.74) is 0.713. The van der Waals surface area contributed by atoms with E-state index in [-0.39, 0.29) is 17.2 Å². The molecule has 0 heterocycles. The molecule has 0 unspecified atom stereocenters. The number of carbonyl (C=O) groups is 2. The Hall–Kier alpha value is -1.89. The number of hydrogen-bond acceptors (Lipinski definition) is 5. The maximum atomic E-state index is 11.9. The van der Waals surface area contributed by atoms with E-state index in [1.807, 2.05) is 0 Å². The molecule has 0 aliphatic rings. The van der Waals surface area contributed by atoms with Gasteiger partial charge in [0.2, 0.25) is 0 Å². The molecule has 1 amide bonds. The average Bonchev–Trinajstić information content (AvgIpc) is 2.37. The standard InChI is InChI=1S/C14H19NO5S/c1-4-15-13(16)10(2)20-14(17)12-7-5-6-11(8-12)9-21(3,18)19/h5-8,10H,4,9H2,1-3H3,(H,15,16)/t10-/m0/s1. The molecule has 1 atom stereocenters. The second-order valence-corrected chi connectivity index (χ2v) is 6.85. The van der Waals surface area contributed by atoms with Crippen LogP contribution in [-0.4, -0.2) is 39.2 Å². The fraction of sp³-hybridized carbons (Fsp3) is 0.429. The lowest BCUT2D eigenvalue weighted by Crippen LogP contribution is -2.35. The summed E-state index contributed by atoms with van der Waals surface area (Å²) in [5.74, 6) is -1.19. The minimum atomic E-state index is -3.18. The third kappa shape index (κ3) is 5.95. The number of sulfone groups is 1. The molecule has 1 aromatic carbocycles. The van der Waals surface area contributed by atoms with Crippen LogP contribution in [0.5, 0.6) is 0 Å². The Bertz CT molecular complexity index is 624. The van der Waals surface area contributed by atoms with Crippen LogP contribution in [0.3, 0.4) is 0 Å². The Balaban J connectivity index is 2.79. The molecule has 7 heteroatoms. The molecule has 0 aliphatic heterocycles. The van der Waals surface area contributed by atoms with Crippen molar-refractivity contribution in [2.24, 2.45) is 0 Å². The molecular weight excluding hydrogens is 294 g/mol. The van der Waals surface area contributed by atoms with Crippen molar-refractivity contribution < 1.29 is 22.7 Å². The Labute approximate surface area is 124 Å². The lowest BCUT2D eigenvalue weighted by Gasteiger charge is -2.13. The van der Waals surface area contributed by atoms with E-state index in [0.717, 1.165) is 6.26 Å². The number of nitrogens with one attached hydrogen (secondary N) is 1. The van der Waals surface area contributed by atoms with Crippen molar-refractivity contribution >= 4 is 21.7 Å². The fourth-order valence-corrected chi connectivity index (χ4v) is 2.48. The minimum absolute atomic E-state index is 0.153. The third-order valence-corrected chi connectivity index (χ3v) is 3.45. The van der Waals surface area contributed by atoms with Gasteiger partial charge < -0.3 is 10.1 Å². The molecule has 0 saturated heterocycles. The van der Waals surface area contributed by atoms with Crippen LogP contribution in [0.15, 0.2) is 24.3 Å². The molecular formula is C14H19NO5S. The summed E-state index contributed by atoms with van der Waals surface area (Å²) in [6.45, 7) is 3.69. The maximum Gasteiger partial charge on any atom is 0.338 e. The van der Waals surface area contributed by atoms with Crippen LogP contribution in [0, 0.1) is 0 Å². The number of amides is 1. The van der Waals surface area contributed by atoms with Crippen molar-refractivity contribution in [1.29, 1.82) is 0 Å². The first-order valence-corrected chi connectivity index (χ1v) is 8.54. The van der Waals surface area contributed by atoms with Gasteiger partial charge in [0, 0.05) is 12.8 Å². The fourth-order valence-electron chi connectivity index (χ4n) is 1.69. The summed E-state index contributed by atoms with van der Waals surface area (Å²) in [6, 6.07) is 6.16. The smallest absolute Gasteiger partial charge is 0.338 e. The summed E-state index contributed by atoms with van der Waals surface area (Å²) < 4.78 is 27.5. The number of likely N-dealkylation sites (N-methyl/N-ethyl adjacent to an activating group) is 1. The normalized spacial score (nSPS) is 12.5. The zero-order valence-electron chi connectivity index (χ0n) is 12.3. The second kappa shape index (κ2) is 7.21. The Kier molecular flexibility index (Phi) is 5.90. The number of hydrogen-bond donors (Lipinski definition) is 1. The first-order valence-electron chi connectivity index (χ1n) is 6.48.